The third-order valence-electron chi connectivity index (χ3n) is 3.70. The van der Waals surface area contributed by atoms with Gasteiger partial charge in [-0.25, -0.2) is 0 Å². The van der Waals surface area contributed by atoms with Crippen LogP contribution in [0.1, 0.15) is 26.3 Å². The van der Waals surface area contributed by atoms with E-state index in [0.717, 1.165) is 17.8 Å². The van der Waals surface area contributed by atoms with Gasteiger partial charge in [-0.3, -0.25) is 9.69 Å². The number of anilines is 2. The van der Waals surface area contributed by atoms with Crippen LogP contribution in [0.15, 0.2) is 18.2 Å². The van der Waals surface area contributed by atoms with Gasteiger partial charge in [-0.1, -0.05) is 13.0 Å². The lowest BCUT2D eigenvalue weighted by Gasteiger charge is -2.28. The molecule has 21 heavy (non-hydrogen) atoms. The molecule has 0 saturated carbocycles. The van der Waals surface area contributed by atoms with E-state index in [4.69, 9.17) is 11.0 Å². The van der Waals surface area contributed by atoms with Gasteiger partial charge in [-0.15, -0.1) is 0 Å². The van der Waals surface area contributed by atoms with Gasteiger partial charge in [-0.05, 0) is 45.0 Å². The summed E-state index contributed by atoms with van der Waals surface area (Å²) in [6, 6.07) is 7.36. The lowest BCUT2D eigenvalue weighted by atomic mass is 10.1. The minimum atomic E-state index is -0.299. The predicted molar refractivity (Wildman–Crippen MR) is 85.7 cm³/mol. The smallest absolute Gasteiger partial charge is 0.241 e. The van der Waals surface area contributed by atoms with Crippen molar-refractivity contribution in [1.82, 2.24) is 4.90 Å². The van der Waals surface area contributed by atoms with Crippen molar-refractivity contribution in [2.45, 2.75) is 33.7 Å². The molecule has 5 heteroatoms. The SMILES string of the molecule is CCN(CC(C)C#N)C(C)C(=O)Nc1cccc(N)c1C. The second kappa shape index (κ2) is 7.65. The van der Waals surface area contributed by atoms with Crippen LogP contribution < -0.4 is 11.1 Å². The van der Waals surface area contributed by atoms with E-state index in [9.17, 15) is 4.79 Å². The molecule has 0 saturated heterocycles. The Hall–Kier alpha value is -2.06. The fraction of sp³-hybridized carbons (Fsp3) is 0.500. The van der Waals surface area contributed by atoms with E-state index in [1.807, 2.05) is 44.7 Å². The third-order valence-corrected chi connectivity index (χ3v) is 3.70. The van der Waals surface area contributed by atoms with Crippen molar-refractivity contribution in [3.05, 3.63) is 23.8 Å². The molecule has 0 aromatic heterocycles. The molecule has 0 fully saturated rings. The minimum Gasteiger partial charge on any atom is -0.398 e. The van der Waals surface area contributed by atoms with Crippen LogP contribution in [0.2, 0.25) is 0 Å². The van der Waals surface area contributed by atoms with E-state index in [0.29, 0.717) is 12.2 Å². The molecule has 1 aromatic rings. The number of amides is 1. The topological polar surface area (TPSA) is 82.2 Å². The van der Waals surface area contributed by atoms with Crippen LogP contribution in [0.5, 0.6) is 0 Å². The van der Waals surface area contributed by atoms with Crippen molar-refractivity contribution < 1.29 is 4.79 Å². The molecule has 1 aromatic carbocycles. The first kappa shape index (κ1) is 17.0. The van der Waals surface area contributed by atoms with Crippen LogP contribution in [0.25, 0.3) is 0 Å². The van der Waals surface area contributed by atoms with Gasteiger partial charge in [0.2, 0.25) is 5.91 Å². The Kier molecular flexibility index (Phi) is 6.19. The van der Waals surface area contributed by atoms with E-state index < -0.39 is 0 Å². The van der Waals surface area contributed by atoms with Crippen LogP contribution >= 0.6 is 0 Å². The third kappa shape index (κ3) is 4.47. The molecular formula is C16H24N4O. The quantitative estimate of drug-likeness (QED) is 0.787. The Labute approximate surface area is 126 Å². The van der Waals surface area contributed by atoms with E-state index in [1.165, 1.54) is 0 Å². The van der Waals surface area contributed by atoms with Crippen LogP contribution in [-0.4, -0.2) is 29.9 Å². The summed E-state index contributed by atoms with van der Waals surface area (Å²) in [5, 5.41) is 11.8. The first-order chi connectivity index (χ1) is 9.90. The lowest BCUT2D eigenvalue weighted by molar-refractivity contribution is -0.120. The summed E-state index contributed by atoms with van der Waals surface area (Å²) in [4.78, 5) is 14.4. The molecule has 0 aliphatic carbocycles. The number of hydrogen-bond acceptors (Lipinski definition) is 4. The number of nitriles is 1. The monoisotopic (exact) mass is 288 g/mol. The van der Waals surface area contributed by atoms with Crippen molar-refractivity contribution in [2.75, 3.05) is 24.1 Å². The molecular weight excluding hydrogens is 264 g/mol. The van der Waals surface area contributed by atoms with Crippen LogP contribution in [0, 0.1) is 24.2 Å². The molecule has 5 nitrogen and oxygen atoms in total. The zero-order chi connectivity index (χ0) is 16.0. The molecule has 0 aliphatic heterocycles. The standard InChI is InChI=1S/C16H24N4O/c1-5-20(10-11(2)9-17)13(4)16(21)19-15-8-6-7-14(18)12(15)3/h6-8,11,13H,5,10,18H2,1-4H3,(H,19,21). The Balaban J connectivity index is 2.78. The Morgan fingerprint density at radius 3 is 2.71 bits per heavy atom. The summed E-state index contributed by atoms with van der Waals surface area (Å²) < 4.78 is 0. The summed E-state index contributed by atoms with van der Waals surface area (Å²) in [5.74, 6) is -0.190. The van der Waals surface area contributed by atoms with E-state index in [-0.39, 0.29) is 17.9 Å². The summed E-state index contributed by atoms with van der Waals surface area (Å²) in [7, 11) is 0. The molecule has 0 aliphatic rings. The fourth-order valence-electron chi connectivity index (χ4n) is 2.15. The maximum Gasteiger partial charge on any atom is 0.241 e. The van der Waals surface area contributed by atoms with Crippen LogP contribution in [-0.2, 0) is 4.79 Å². The highest BCUT2D eigenvalue weighted by Gasteiger charge is 2.22. The molecule has 1 amide bonds. The number of likely N-dealkylation sites (N-methyl/N-ethyl adjacent to an activating group) is 1. The summed E-state index contributed by atoms with van der Waals surface area (Å²) >= 11 is 0. The van der Waals surface area contributed by atoms with Gasteiger partial charge >= 0.3 is 0 Å². The van der Waals surface area contributed by atoms with Crippen molar-refractivity contribution in [3.8, 4) is 6.07 Å². The minimum absolute atomic E-state index is 0.0873. The Morgan fingerprint density at radius 1 is 1.48 bits per heavy atom. The van der Waals surface area contributed by atoms with Gasteiger partial charge in [0, 0.05) is 17.9 Å². The van der Waals surface area contributed by atoms with Crippen LogP contribution in [0.3, 0.4) is 0 Å². The number of hydrogen-bond donors (Lipinski definition) is 2. The van der Waals surface area contributed by atoms with E-state index in [2.05, 4.69) is 11.4 Å². The number of nitrogens with one attached hydrogen (secondary N) is 1. The highest BCUT2D eigenvalue weighted by molar-refractivity contribution is 5.95. The summed E-state index contributed by atoms with van der Waals surface area (Å²) in [6.45, 7) is 8.87. The van der Waals surface area contributed by atoms with Crippen molar-refractivity contribution in [3.63, 3.8) is 0 Å². The van der Waals surface area contributed by atoms with Gasteiger partial charge in [-0.2, -0.15) is 5.26 Å². The number of rotatable bonds is 6. The van der Waals surface area contributed by atoms with Gasteiger partial charge in [0.1, 0.15) is 0 Å². The second-order valence-corrected chi connectivity index (χ2v) is 5.30. The first-order valence-electron chi connectivity index (χ1n) is 7.20. The number of nitrogen functional groups attached to an aromatic ring is 1. The van der Waals surface area contributed by atoms with Crippen LogP contribution in [0.4, 0.5) is 11.4 Å². The molecule has 0 spiro atoms. The maximum atomic E-state index is 12.4. The van der Waals surface area contributed by atoms with Gasteiger partial charge in [0.25, 0.3) is 0 Å². The molecule has 0 radical (unpaired) electrons. The van der Waals surface area contributed by atoms with Crippen molar-refractivity contribution in [1.29, 1.82) is 5.26 Å². The average molecular weight is 288 g/mol. The molecule has 0 heterocycles. The van der Waals surface area contributed by atoms with Crippen molar-refractivity contribution >= 4 is 17.3 Å². The molecule has 0 bridgehead atoms. The molecule has 114 valence electrons. The first-order valence-corrected chi connectivity index (χ1v) is 7.20. The molecule has 1 rings (SSSR count). The predicted octanol–water partition coefficient (Wildman–Crippen LogP) is 2.39. The number of carbonyl (C=O) groups excluding carboxylic acids is 1. The Bertz CT molecular complexity index is 536. The van der Waals surface area contributed by atoms with Gasteiger partial charge in [0.05, 0.1) is 18.0 Å². The van der Waals surface area contributed by atoms with Gasteiger partial charge < -0.3 is 11.1 Å². The average Bonchev–Trinajstić information content (AvgIpc) is 2.48. The summed E-state index contributed by atoms with van der Waals surface area (Å²) in [5.41, 5.74) is 8.10. The molecule has 3 N–H and O–H groups in total. The van der Waals surface area contributed by atoms with Crippen molar-refractivity contribution in [2.24, 2.45) is 5.92 Å². The summed E-state index contributed by atoms with van der Waals surface area (Å²) in [6.07, 6.45) is 0. The van der Waals surface area contributed by atoms with E-state index in [1.54, 1.807) is 6.07 Å². The van der Waals surface area contributed by atoms with E-state index >= 15 is 0 Å². The maximum absolute atomic E-state index is 12.4. The number of nitrogens with zero attached hydrogens (tertiary/aromatic N) is 2. The molecule has 2 atom stereocenters. The second-order valence-electron chi connectivity index (χ2n) is 5.30. The molecule has 2 unspecified atom stereocenters. The number of carbonyl (C=O) groups is 1. The number of nitrogens with two attached hydrogens (primary N) is 1. The highest BCUT2D eigenvalue weighted by atomic mass is 16.2. The number of benzene rings is 1. The van der Waals surface area contributed by atoms with Gasteiger partial charge in [0.15, 0.2) is 0 Å². The normalized spacial score (nSPS) is 13.5. The largest absolute Gasteiger partial charge is 0.398 e. The Morgan fingerprint density at radius 2 is 2.14 bits per heavy atom. The fourth-order valence-corrected chi connectivity index (χ4v) is 2.15. The zero-order valence-corrected chi connectivity index (χ0v) is 13.2. The highest BCUT2D eigenvalue weighted by Crippen LogP contribution is 2.21. The lowest BCUT2D eigenvalue weighted by Crippen LogP contribution is -2.43. The zero-order valence-electron chi connectivity index (χ0n) is 13.2.